The molecule has 0 saturated carbocycles. The van der Waals surface area contributed by atoms with Crippen LogP contribution in [-0.2, 0) is 24.2 Å². The zero-order chi connectivity index (χ0) is 23.6. The van der Waals surface area contributed by atoms with E-state index in [1.807, 2.05) is 31.2 Å². The topological polar surface area (TPSA) is 120 Å². The van der Waals surface area contributed by atoms with Gasteiger partial charge in [0.25, 0.3) is 0 Å². The molecule has 7 nitrogen and oxygen atoms in total. The molecule has 1 aliphatic rings. The highest BCUT2D eigenvalue weighted by Gasteiger charge is 2.54. The standard InChI is InChI=1S/C24H31FO7/c1-4-14-5-7-15(8-6-14)9-17-18(25)10-16(12-26)11-19(17)31-23-20(28)21(29)24(3,30)22(32-23)13(2)27/h5-8,10-11,13,20-23,26-30H,4,9,12H2,1-3H3/t13-,20-,21-,22-,23-,24+/m1/s1. The smallest absolute Gasteiger partial charge is 0.229 e. The van der Waals surface area contributed by atoms with Gasteiger partial charge in [0.1, 0.15) is 35.5 Å². The van der Waals surface area contributed by atoms with Crippen molar-refractivity contribution in [1.29, 1.82) is 0 Å². The molecule has 5 N–H and O–H groups in total. The van der Waals surface area contributed by atoms with Crippen LogP contribution in [-0.4, -0.2) is 61.8 Å². The molecule has 2 aromatic rings. The third-order valence-corrected chi connectivity index (χ3v) is 5.95. The first kappa shape index (κ1) is 24.6. The number of ether oxygens (including phenoxy) is 2. The van der Waals surface area contributed by atoms with Gasteiger partial charge in [0.15, 0.2) is 0 Å². The van der Waals surface area contributed by atoms with Crippen LogP contribution in [0.1, 0.15) is 43.0 Å². The maximum Gasteiger partial charge on any atom is 0.229 e. The van der Waals surface area contributed by atoms with Crippen molar-refractivity contribution in [2.45, 2.75) is 76.5 Å². The predicted octanol–water partition coefficient (Wildman–Crippen LogP) is 1.43. The van der Waals surface area contributed by atoms with Crippen LogP contribution in [0.5, 0.6) is 5.75 Å². The molecule has 1 aliphatic heterocycles. The van der Waals surface area contributed by atoms with Crippen molar-refractivity contribution >= 4 is 0 Å². The Morgan fingerprint density at radius 3 is 2.31 bits per heavy atom. The third-order valence-electron chi connectivity index (χ3n) is 5.95. The molecule has 0 radical (unpaired) electrons. The lowest BCUT2D eigenvalue weighted by Crippen LogP contribution is -2.68. The van der Waals surface area contributed by atoms with Gasteiger partial charge in [0.05, 0.1) is 12.7 Å². The van der Waals surface area contributed by atoms with E-state index in [1.54, 1.807) is 0 Å². The third kappa shape index (κ3) is 4.96. The van der Waals surface area contributed by atoms with Crippen LogP contribution >= 0.6 is 0 Å². The summed E-state index contributed by atoms with van der Waals surface area (Å²) < 4.78 is 26.3. The Bertz CT molecular complexity index is 913. The van der Waals surface area contributed by atoms with E-state index in [9.17, 15) is 29.9 Å². The van der Waals surface area contributed by atoms with Crippen molar-refractivity contribution in [3.05, 3.63) is 64.5 Å². The lowest BCUT2D eigenvalue weighted by Gasteiger charge is -2.47. The normalized spacial score (nSPS) is 29.0. The Balaban J connectivity index is 1.94. The quantitative estimate of drug-likeness (QED) is 0.433. The van der Waals surface area contributed by atoms with Gasteiger partial charge in [-0.1, -0.05) is 31.2 Å². The second kappa shape index (κ2) is 9.82. The Labute approximate surface area is 186 Å². The summed E-state index contributed by atoms with van der Waals surface area (Å²) in [5.41, 5.74) is 0.480. The Kier molecular flexibility index (Phi) is 7.54. The van der Waals surface area contributed by atoms with Crippen molar-refractivity contribution < 1.29 is 39.4 Å². The van der Waals surface area contributed by atoms with Crippen molar-refractivity contribution in [3.8, 4) is 5.75 Å². The van der Waals surface area contributed by atoms with Crippen molar-refractivity contribution in [2.75, 3.05) is 0 Å². The van der Waals surface area contributed by atoms with Crippen molar-refractivity contribution in [3.63, 3.8) is 0 Å². The molecule has 8 heteroatoms. The van der Waals surface area contributed by atoms with Crippen molar-refractivity contribution in [2.24, 2.45) is 0 Å². The molecule has 176 valence electrons. The minimum Gasteiger partial charge on any atom is -0.462 e. The van der Waals surface area contributed by atoms with Gasteiger partial charge in [0, 0.05) is 12.0 Å². The SMILES string of the molecule is CCc1ccc(Cc2c(F)cc(CO)cc2O[C@@H]2O[C@H]([C@@H](C)O)[C@@](C)(O)[C@H](O)[C@H]2O)cc1. The molecule has 6 atom stereocenters. The number of rotatable bonds is 7. The maximum atomic E-state index is 15.0. The molecule has 3 rings (SSSR count). The van der Waals surface area contributed by atoms with E-state index in [1.165, 1.54) is 26.0 Å². The molecule has 1 saturated heterocycles. The van der Waals surface area contributed by atoms with Gasteiger partial charge >= 0.3 is 0 Å². The molecule has 0 aliphatic carbocycles. The number of aliphatic hydroxyl groups excluding tert-OH is 4. The monoisotopic (exact) mass is 450 g/mol. The van der Waals surface area contributed by atoms with E-state index in [0.29, 0.717) is 0 Å². The second-order valence-corrected chi connectivity index (χ2v) is 8.50. The number of benzene rings is 2. The molecule has 0 unspecified atom stereocenters. The first-order valence-corrected chi connectivity index (χ1v) is 10.7. The summed E-state index contributed by atoms with van der Waals surface area (Å²) >= 11 is 0. The van der Waals surface area contributed by atoms with Gasteiger partial charge in [0.2, 0.25) is 6.29 Å². The van der Waals surface area contributed by atoms with E-state index < -0.39 is 48.7 Å². The summed E-state index contributed by atoms with van der Waals surface area (Å²) in [6.45, 7) is 4.22. The Morgan fingerprint density at radius 2 is 1.75 bits per heavy atom. The van der Waals surface area contributed by atoms with Crippen LogP contribution in [0, 0.1) is 5.82 Å². The van der Waals surface area contributed by atoms with Crippen LogP contribution in [0.15, 0.2) is 36.4 Å². The zero-order valence-electron chi connectivity index (χ0n) is 18.4. The fourth-order valence-corrected chi connectivity index (χ4v) is 3.98. The largest absolute Gasteiger partial charge is 0.462 e. The van der Waals surface area contributed by atoms with Crippen LogP contribution in [0.3, 0.4) is 0 Å². The fourth-order valence-electron chi connectivity index (χ4n) is 3.98. The molecule has 0 spiro atoms. The molecule has 1 heterocycles. The van der Waals surface area contributed by atoms with E-state index >= 15 is 0 Å². The first-order valence-electron chi connectivity index (χ1n) is 10.7. The van der Waals surface area contributed by atoms with Gasteiger partial charge in [-0.25, -0.2) is 4.39 Å². The average molecular weight is 451 g/mol. The lowest BCUT2D eigenvalue weighted by atomic mass is 9.83. The van der Waals surface area contributed by atoms with Crippen LogP contribution in [0.4, 0.5) is 4.39 Å². The van der Waals surface area contributed by atoms with Crippen LogP contribution in [0.25, 0.3) is 0 Å². The molecule has 0 amide bonds. The predicted molar refractivity (Wildman–Crippen MR) is 115 cm³/mol. The molecule has 32 heavy (non-hydrogen) atoms. The zero-order valence-corrected chi connectivity index (χ0v) is 18.4. The summed E-state index contributed by atoms with van der Waals surface area (Å²) in [6, 6.07) is 10.3. The minimum absolute atomic E-state index is 0.0238. The Hall–Kier alpha value is -2.07. The molecule has 0 bridgehead atoms. The summed E-state index contributed by atoms with van der Waals surface area (Å²) in [5, 5.41) is 50.9. The highest BCUT2D eigenvalue weighted by Crippen LogP contribution is 2.35. The van der Waals surface area contributed by atoms with Gasteiger partial charge in [-0.2, -0.15) is 0 Å². The summed E-state index contributed by atoms with van der Waals surface area (Å²) in [7, 11) is 0. The minimum atomic E-state index is -1.94. The van der Waals surface area contributed by atoms with E-state index in [0.717, 1.165) is 17.5 Å². The maximum absolute atomic E-state index is 15.0. The number of hydrogen-bond acceptors (Lipinski definition) is 7. The van der Waals surface area contributed by atoms with Crippen LogP contribution < -0.4 is 4.74 Å². The first-order chi connectivity index (χ1) is 15.1. The molecule has 0 aromatic heterocycles. The fraction of sp³-hybridized carbons (Fsp3) is 0.500. The average Bonchev–Trinajstić information content (AvgIpc) is 2.76. The molecule has 2 aromatic carbocycles. The highest BCUT2D eigenvalue weighted by molar-refractivity contribution is 5.42. The van der Waals surface area contributed by atoms with Gasteiger partial charge in [-0.05, 0) is 49.1 Å². The molecular weight excluding hydrogens is 419 g/mol. The summed E-state index contributed by atoms with van der Waals surface area (Å²) in [4.78, 5) is 0. The number of hydrogen-bond donors (Lipinski definition) is 5. The second-order valence-electron chi connectivity index (χ2n) is 8.50. The van der Waals surface area contributed by atoms with E-state index in [4.69, 9.17) is 9.47 Å². The van der Waals surface area contributed by atoms with E-state index in [-0.39, 0.29) is 23.3 Å². The summed E-state index contributed by atoms with van der Waals surface area (Å²) in [6.07, 6.45) is -6.23. The van der Waals surface area contributed by atoms with Crippen LogP contribution in [0.2, 0.25) is 0 Å². The lowest BCUT2D eigenvalue weighted by molar-refractivity contribution is -0.317. The Morgan fingerprint density at radius 1 is 1.12 bits per heavy atom. The summed E-state index contributed by atoms with van der Waals surface area (Å²) in [5.74, 6) is -0.577. The molecular formula is C24H31FO7. The number of aryl methyl sites for hydroxylation is 1. The highest BCUT2D eigenvalue weighted by atomic mass is 19.1. The van der Waals surface area contributed by atoms with E-state index in [2.05, 4.69) is 0 Å². The number of aliphatic hydroxyl groups is 5. The molecule has 1 fully saturated rings. The van der Waals surface area contributed by atoms with Gasteiger partial charge in [-0.3, -0.25) is 0 Å². The van der Waals surface area contributed by atoms with Crippen molar-refractivity contribution in [1.82, 2.24) is 0 Å². The van der Waals surface area contributed by atoms with Gasteiger partial charge < -0.3 is 35.0 Å². The number of halogens is 1. The van der Waals surface area contributed by atoms with Gasteiger partial charge in [-0.15, -0.1) is 0 Å².